The molecule has 0 saturated heterocycles. The van der Waals surface area contributed by atoms with Crippen molar-refractivity contribution >= 4 is 23.0 Å². The van der Waals surface area contributed by atoms with Crippen LogP contribution in [0.1, 0.15) is 74.1 Å². The molecular formula is C22H28N6O2. The zero-order valence-corrected chi connectivity index (χ0v) is 18.0. The van der Waals surface area contributed by atoms with Crippen molar-refractivity contribution in [1.29, 1.82) is 0 Å². The monoisotopic (exact) mass is 408 g/mol. The van der Waals surface area contributed by atoms with Gasteiger partial charge in [-0.3, -0.25) is 0 Å². The van der Waals surface area contributed by atoms with E-state index >= 15 is 0 Å². The molecule has 8 heteroatoms. The highest BCUT2D eigenvalue weighted by Gasteiger charge is 2.26. The van der Waals surface area contributed by atoms with Gasteiger partial charge in [-0.15, -0.1) is 0 Å². The van der Waals surface area contributed by atoms with Crippen molar-refractivity contribution in [3.8, 4) is 11.1 Å². The average molecular weight is 409 g/mol. The Balaban J connectivity index is 1.98. The van der Waals surface area contributed by atoms with Crippen molar-refractivity contribution in [2.45, 2.75) is 57.9 Å². The number of aromatic carboxylic acids is 1. The third kappa shape index (κ3) is 3.62. The van der Waals surface area contributed by atoms with Gasteiger partial charge in [0.15, 0.2) is 11.3 Å². The molecule has 1 saturated carbocycles. The molecule has 158 valence electrons. The van der Waals surface area contributed by atoms with Crippen LogP contribution in [0.4, 0.5) is 5.95 Å². The maximum absolute atomic E-state index is 11.9. The SMILES string of the molecule is CC(C)c1nn(C2CCCCC2)c2nc(C(=O)O)cc(-c3cnc(N(C)C)nc3)c12. The van der Waals surface area contributed by atoms with Crippen LogP contribution < -0.4 is 4.90 Å². The van der Waals surface area contributed by atoms with Gasteiger partial charge in [-0.05, 0) is 24.8 Å². The van der Waals surface area contributed by atoms with E-state index in [0.717, 1.165) is 47.9 Å². The Kier molecular flexibility index (Phi) is 5.40. The van der Waals surface area contributed by atoms with E-state index in [1.54, 1.807) is 18.5 Å². The smallest absolute Gasteiger partial charge is 0.354 e. The van der Waals surface area contributed by atoms with Gasteiger partial charge in [0.2, 0.25) is 5.95 Å². The summed E-state index contributed by atoms with van der Waals surface area (Å²) in [5, 5.41) is 15.6. The second kappa shape index (κ2) is 8.01. The zero-order chi connectivity index (χ0) is 21.4. The molecule has 0 atom stereocenters. The first-order chi connectivity index (χ1) is 14.4. The number of fused-ring (bicyclic) bond motifs is 1. The summed E-state index contributed by atoms with van der Waals surface area (Å²) in [6, 6.07) is 1.88. The lowest BCUT2D eigenvalue weighted by molar-refractivity contribution is 0.0691. The summed E-state index contributed by atoms with van der Waals surface area (Å²) in [7, 11) is 3.76. The molecule has 0 spiro atoms. The number of rotatable bonds is 5. The largest absolute Gasteiger partial charge is 0.477 e. The molecule has 3 aromatic rings. The topological polar surface area (TPSA) is 97.0 Å². The fourth-order valence-corrected chi connectivity index (χ4v) is 4.18. The van der Waals surface area contributed by atoms with Gasteiger partial charge in [-0.2, -0.15) is 5.10 Å². The normalized spacial score (nSPS) is 15.1. The van der Waals surface area contributed by atoms with Crippen molar-refractivity contribution in [2.75, 3.05) is 19.0 Å². The van der Waals surface area contributed by atoms with Crippen LogP contribution >= 0.6 is 0 Å². The average Bonchev–Trinajstić information content (AvgIpc) is 3.14. The van der Waals surface area contributed by atoms with Crippen LogP contribution in [0.25, 0.3) is 22.2 Å². The van der Waals surface area contributed by atoms with Gasteiger partial charge in [0, 0.05) is 37.6 Å². The van der Waals surface area contributed by atoms with Crippen molar-refractivity contribution in [3.63, 3.8) is 0 Å². The van der Waals surface area contributed by atoms with E-state index in [-0.39, 0.29) is 17.7 Å². The molecule has 3 heterocycles. The highest BCUT2D eigenvalue weighted by molar-refractivity contribution is 5.99. The van der Waals surface area contributed by atoms with Crippen LogP contribution in [0.2, 0.25) is 0 Å². The molecule has 1 fully saturated rings. The lowest BCUT2D eigenvalue weighted by Crippen LogP contribution is -2.15. The van der Waals surface area contributed by atoms with Crippen LogP contribution in [0.3, 0.4) is 0 Å². The lowest BCUT2D eigenvalue weighted by Gasteiger charge is -2.22. The predicted molar refractivity (Wildman–Crippen MR) is 116 cm³/mol. The van der Waals surface area contributed by atoms with Gasteiger partial charge in [0.05, 0.1) is 17.1 Å². The summed E-state index contributed by atoms with van der Waals surface area (Å²) < 4.78 is 1.98. The second-order valence-electron chi connectivity index (χ2n) is 8.50. The fourth-order valence-electron chi connectivity index (χ4n) is 4.18. The van der Waals surface area contributed by atoms with Gasteiger partial charge >= 0.3 is 5.97 Å². The number of carbonyl (C=O) groups is 1. The van der Waals surface area contributed by atoms with Crippen LogP contribution in [-0.2, 0) is 0 Å². The third-order valence-electron chi connectivity index (χ3n) is 5.72. The summed E-state index contributed by atoms with van der Waals surface area (Å²) >= 11 is 0. The Morgan fingerprint density at radius 2 is 1.83 bits per heavy atom. The van der Waals surface area contributed by atoms with Crippen LogP contribution in [0, 0.1) is 0 Å². The first-order valence-electron chi connectivity index (χ1n) is 10.5. The number of pyridine rings is 1. The second-order valence-corrected chi connectivity index (χ2v) is 8.50. The Bertz CT molecular complexity index is 1070. The number of nitrogens with zero attached hydrogens (tertiary/aromatic N) is 6. The van der Waals surface area contributed by atoms with Crippen LogP contribution in [0.5, 0.6) is 0 Å². The number of anilines is 1. The number of carboxylic acids is 1. The van der Waals surface area contributed by atoms with Gasteiger partial charge in [0.1, 0.15) is 0 Å². The maximum atomic E-state index is 11.9. The van der Waals surface area contributed by atoms with Gasteiger partial charge in [0.25, 0.3) is 0 Å². The molecule has 0 aliphatic heterocycles. The summed E-state index contributed by atoms with van der Waals surface area (Å²) in [6.45, 7) is 4.21. The third-order valence-corrected chi connectivity index (χ3v) is 5.72. The molecule has 8 nitrogen and oxygen atoms in total. The van der Waals surface area contributed by atoms with E-state index in [1.165, 1.54) is 6.42 Å². The molecule has 0 unspecified atom stereocenters. The molecule has 0 bridgehead atoms. The highest BCUT2D eigenvalue weighted by atomic mass is 16.4. The first kappa shape index (κ1) is 20.3. The Morgan fingerprint density at radius 1 is 1.17 bits per heavy atom. The molecule has 3 aromatic heterocycles. The standard InChI is InChI=1S/C22H28N6O2/c1-13(2)19-18-16(14-11-23-22(24-12-14)27(3)4)10-17(21(29)30)25-20(18)28(26-19)15-8-6-5-7-9-15/h10-13,15H,5-9H2,1-4H3,(H,29,30). The molecule has 30 heavy (non-hydrogen) atoms. The first-order valence-corrected chi connectivity index (χ1v) is 10.5. The summed E-state index contributed by atoms with van der Waals surface area (Å²) in [6.07, 6.45) is 9.13. The summed E-state index contributed by atoms with van der Waals surface area (Å²) in [5.74, 6) is -0.272. The molecule has 1 aliphatic carbocycles. The molecule has 1 N–H and O–H groups in total. The van der Waals surface area contributed by atoms with Crippen molar-refractivity contribution < 1.29 is 9.90 Å². The fraction of sp³-hybridized carbons (Fsp3) is 0.500. The quantitative estimate of drug-likeness (QED) is 0.673. The van der Waals surface area contributed by atoms with Crippen molar-refractivity contribution in [1.82, 2.24) is 24.7 Å². The molecule has 0 radical (unpaired) electrons. The number of carboxylic acid groups (broad SMARTS) is 1. The molecule has 4 rings (SSSR count). The Hall–Kier alpha value is -3.03. The summed E-state index contributed by atoms with van der Waals surface area (Å²) in [4.78, 5) is 27.1. The summed E-state index contributed by atoms with van der Waals surface area (Å²) in [5.41, 5.74) is 3.14. The van der Waals surface area contributed by atoms with Crippen LogP contribution in [0.15, 0.2) is 18.5 Å². The zero-order valence-electron chi connectivity index (χ0n) is 18.0. The predicted octanol–water partition coefficient (Wildman–Crippen LogP) is 4.28. The number of aromatic nitrogens is 5. The van der Waals surface area contributed by atoms with Gasteiger partial charge < -0.3 is 10.0 Å². The molecular weight excluding hydrogens is 380 g/mol. The maximum Gasteiger partial charge on any atom is 0.354 e. The van der Waals surface area contributed by atoms with Crippen molar-refractivity contribution in [3.05, 3.63) is 29.8 Å². The Labute approximate surface area is 176 Å². The Morgan fingerprint density at radius 3 is 2.40 bits per heavy atom. The molecule has 0 aromatic carbocycles. The van der Waals surface area contributed by atoms with Gasteiger partial charge in [-0.25, -0.2) is 24.4 Å². The number of hydrogen-bond donors (Lipinski definition) is 1. The van der Waals surface area contributed by atoms with E-state index in [1.807, 2.05) is 23.7 Å². The van der Waals surface area contributed by atoms with E-state index in [4.69, 9.17) is 5.10 Å². The molecule has 1 aliphatic rings. The van der Waals surface area contributed by atoms with Crippen LogP contribution in [-0.4, -0.2) is 49.9 Å². The number of hydrogen-bond acceptors (Lipinski definition) is 6. The lowest BCUT2D eigenvalue weighted by atomic mass is 9.95. The van der Waals surface area contributed by atoms with Crippen molar-refractivity contribution in [2.24, 2.45) is 0 Å². The molecule has 0 amide bonds. The van der Waals surface area contributed by atoms with E-state index < -0.39 is 5.97 Å². The van der Waals surface area contributed by atoms with E-state index in [2.05, 4.69) is 28.8 Å². The van der Waals surface area contributed by atoms with Gasteiger partial charge in [-0.1, -0.05) is 33.1 Å². The minimum Gasteiger partial charge on any atom is -0.477 e. The minimum absolute atomic E-state index is 0.0152. The minimum atomic E-state index is -1.05. The van der Waals surface area contributed by atoms with E-state index in [0.29, 0.717) is 11.6 Å². The van der Waals surface area contributed by atoms with E-state index in [9.17, 15) is 9.90 Å². The highest BCUT2D eigenvalue weighted by Crippen LogP contribution is 2.37.